The molecule has 4 aliphatic rings. The molecule has 2 aromatic heterocycles. The van der Waals surface area contributed by atoms with Crippen LogP contribution in [0.5, 0.6) is 0 Å². The van der Waals surface area contributed by atoms with Crippen LogP contribution in [-0.4, -0.2) is 92.1 Å². The van der Waals surface area contributed by atoms with Gasteiger partial charge in [0.25, 0.3) is 0 Å². The summed E-state index contributed by atoms with van der Waals surface area (Å²) >= 11 is 0. The lowest BCUT2D eigenvalue weighted by atomic mass is 9.95. The molecule has 2 saturated heterocycles. The van der Waals surface area contributed by atoms with E-state index in [-0.39, 0.29) is 53.7 Å². The number of ether oxygens (including phenoxy) is 2. The lowest BCUT2D eigenvalue weighted by Gasteiger charge is -2.37. The summed E-state index contributed by atoms with van der Waals surface area (Å²) in [5.74, 6) is 0.971. The number of halogens is 1. The number of piperidine rings is 2. The van der Waals surface area contributed by atoms with E-state index in [1.54, 1.807) is 12.3 Å². The van der Waals surface area contributed by atoms with E-state index < -0.39 is 30.1 Å². The van der Waals surface area contributed by atoms with Gasteiger partial charge in [0.2, 0.25) is 11.8 Å². The molecule has 1 unspecified atom stereocenters. The molecule has 5 aromatic rings. The first-order valence-electron chi connectivity index (χ1n) is 21.0. The first-order chi connectivity index (χ1) is 28.8. The maximum atomic E-state index is 16.0. The molecular formula is C45H51FN8O6. The van der Waals surface area contributed by atoms with Crippen molar-refractivity contribution in [1.29, 1.82) is 0 Å². The second kappa shape index (κ2) is 15.2. The third-order valence-electron chi connectivity index (χ3n) is 13.3. The minimum atomic E-state index is -0.742. The van der Waals surface area contributed by atoms with Gasteiger partial charge in [0.1, 0.15) is 29.5 Å². The minimum absolute atomic E-state index is 0.0856. The molecule has 8 atom stereocenters. The second-order valence-electron chi connectivity index (χ2n) is 17.6. The van der Waals surface area contributed by atoms with E-state index in [2.05, 4.69) is 25.6 Å². The number of carbonyl (C=O) groups excluding carboxylic acids is 4. The average Bonchev–Trinajstić information content (AvgIpc) is 3.85. The molecule has 4 N–H and O–H groups in total. The van der Waals surface area contributed by atoms with Gasteiger partial charge in [-0.1, -0.05) is 52.0 Å². The predicted octanol–water partition coefficient (Wildman–Crippen LogP) is 7.39. The molecule has 4 amide bonds. The highest BCUT2D eigenvalue weighted by Crippen LogP contribution is 2.54. The molecule has 2 bridgehead atoms. The number of aromatic nitrogens is 4. The summed E-state index contributed by atoms with van der Waals surface area (Å²) < 4.78 is 25.6. The first-order valence-corrected chi connectivity index (χ1v) is 21.0. The number of nitrogens with zero attached hydrogens (tertiary/aromatic N) is 4. The second-order valence-corrected chi connectivity index (χ2v) is 17.6. The first kappa shape index (κ1) is 39.5. The van der Waals surface area contributed by atoms with Gasteiger partial charge in [-0.15, -0.1) is 0 Å². The van der Waals surface area contributed by atoms with Crippen molar-refractivity contribution in [3.63, 3.8) is 0 Å². The Morgan fingerprint density at radius 1 is 0.783 bits per heavy atom. The number of methoxy groups -OCH3 is 2. The van der Waals surface area contributed by atoms with Crippen molar-refractivity contribution in [2.75, 3.05) is 14.2 Å². The Labute approximate surface area is 347 Å². The molecule has 4 heterocycles. The normalized spacial score (nSPS) is 23.9. The van der Waals surface area contributed by atoms with Crippen molar-refractivity contribution in [2.45, 2.75) is 96.1 Å². The van der Waals surface area contributed by atoms with Gasteiger partial charge < -0.3 is 39.9 Å². The van der Waals surface area contributed by atoms with Gasteiger partial charge in [0.15, 0.2) is 0 Å². The maximum absolute atomic E-state index is 16.0. The maximum Gasteiger partial charge on any atom is 0.407 e. The molecule has 2 aliphatic carbocycles. The van der Waals surface area contributed by atoms with Crippen molar-refractivity contribution >= 4 is 45.8 Å². The van der Waals surface area contributed by atoms with Crippen molar-refractivity contribution in [2.24, 2.45) is 23.7 Å². The lowest BCUT2D eigenvalue weighted by molar-refractivity contribution is -0.139. The molecule has 60 heavy (non-hydrogen) atoms. The number of benzene rings is 3. The number of aromatic amines is 2. The molecule has 0 spiro atoms. The Hall–Kier alpha value is -5.99. The van der Waals surface area contributed by atoms with Crippen molar-refractivity contribution in [3.05, 3.63) is 72.2 Å². The molecule has 15 heteroatoms. The molecule has 2 aliphatic heterocycles. The van der Waals surface area contributed by atoms with Gasteiger partial charge in [-0.25, -0.2) is 23.9 Å². The highest BCUT2D eigenvalue weighted by atomic mass is 19.1. The molecule has 9 rings (SSSR count). The summed E-state index contributed by atoms with van der Waals surface area (Å²) in [5.41, 5.74) is 4.10. The number of fused-ring (bicyclic) bond motifs is 6. The average molecular weight is 819 g/mol. The van der Waals surface area contributed by atoms with Crippen LogP contribution in [0, 0.1) is 29.5 Å². The predicted molar refractivity (Wildman–Crippen MR) is 222 cm³/mol. The third-order valence-corrected chi connectivity index (χ3v) is 13.3. The van der Waals surface area contributed by atoms with Crippen molar-refractivity contribution < 1.29 is 33.0 Å². The molecule has 4 fully saturated rings. The fourth-order valence-electron chi connectivity index (χ4n) is 10.1. The van der Waals surface area contributed by atoms with Crippen LogP contribution < -0.4 is 10.6 Å². The zero-order valence-electron chi connectivity index (χ0n) is 34.6. The fraction of sp³-hybridized carbons (Fsp3) is 0.467. The molecular weight excluding hydrogens is 768 g/mol. The van der Waals surface area contributed by atoms with Gasteiger partial charge in [-0.05, 0) is 96.6 Å². The molecule has 0 radical (unpaired) electrons. The Morgan fingerprint density at radius 3 is 2.15 bits per heavy atom. The topological polar surface area (TPSA) is 175 Å². The van der Waals surface area contributed by atoms with E-state index in [9.17, 15) is 19.2 Å². The number of alkyl carbamates (subject to hydrolysis) is 2. The van der Waals surface area contributed by atoms with E-state index in [1.807, 2.05) is 73.9 Å². The zero-order chi connectivity index (χ0) is 42.1. The van der Waals surface area contributed by atoms with Crippen molar-refractivity contribution in [3.8, 4) is 22.4 Å². The van der Waals surface area contributed by atoms with Crippen LogP contribution in [0.15, 0.2) is 54.7 Å². The summed E-state index contributed by atoms with van der Waals surface area (Å²) in [6.07, 6.45) is 4.81. The molecule has 314 valence electrons. The summed E-state index contributed by atoms with van der Waals surface area (Å²) in [7, 11) is 2.57. The Bertz CT molecular complexity index is 2520. The van der Waals surface area contributed by atoms with E-state index >= 15 is 4.39 Å². The Morgan fingerprint density at radius 2 is 1.47 bits per heavy atom. The van der Waals surface area contributed by atoms with Gasteiger partial charge in [0.05, 0.1) is 49.2 Å². The largest absolute Gasteiger partial charge is 0.453 e. The fourth-order valence-corrected chi connectivity index (χ4v) is 10.1. The monoisotopic (exact) mass is 818 g/mol. The summed E-state index contributed by atoms with van der Waals surface area (Å²) in [5, 5.41) is 7.33. The quantitative estimate of drug-likeness (QED) is 0.113. The van der Waals surface area contributed by atoms with E-state index in [0.29, 0.717) is 28.6 Å². The number of hydrogen-bond donors (Lipinski definition) is 4. The smallest absolute Gasteiger partial charge is 0.407 e. The van der Waals surface area contributed by atoms with Crippen LogP contribution >= 0.6 is 0 Å². The van der Waals surface area contributed by atoms with Crippen LogP contribution in [0.4, 0.5) is 14.0 Å². The summed E-state index contributed by atoms with van der Waals surface area (Å²) in [4.78, 5) is 72.5. The van der Waals surface area contributed by atoms with Crippen LogP contribution in [0.1, 0.15) is 83.5 Å². The van der Waals surface area contributed by atoms with Crippen LogP contribution in [0.25, 0.3) is 44.2 Å². The SMILES string of the molecule is COC(=O)NC(C(=O)N1[C@@H]2C[C@@H]2C[C@H]1c1ncc(-c2ccc(-c3ccc4c(ccc5[nH]c([C@@H]6[C@H]7CC[C@H](C7)N6C(=O)[C@@H](NC(=O)OC)C(C)C)nc54)c3)cc2F)[nH]1)C(C)C. The lowest BCUT2D eigenvalue weighted by Crippen LogP contribution is -2.54. The van der Waals surface area contributed by atoms with Gasteiger partial charge in [-0.2, -0.15) is 0 Å². The zero-order valence-corrected chi connectivity index (χ0v) is 34.6. The summed E-state index contributed by atoms with van der Waals surface area (Å²) in [6.45, 7) is 7.59. The molecule has 2 saturated carbocycles. The highest BCUT2D eigenvalue weighted by molar-refractivity contribution is 6.05. The highest BCUT2D eigenvalue weighted by Gasteiger charge is 2.56. The molecule has 14 nitrogen and oxygen atoms in total. The number of hydrogen-bond acceptors (Lipinski definition) is 8. The van der Waals surface area contributed by atoms with Crippen LogP contribution in [-0.2, 0) is 19.1 Å². The number of amides is 4. The minimum Gasteiger partial charge on any atom is -0.453 e. The third kappa shape index (κ3) is 6.81. The number of likely N-dealkylation sites (tertiary alicyclic amines) is 2. The number of carbonyl (C=O) groups is 4. The van der Waals surface area contributed by atoms with Crippen LogP contribution in [0.3, 0.4) is 0 Å². The summed E-state index contributed by atoms with van der Waals surface area (Å²) in [6, 6.07) is 13.3. The van der Waals surface area contributed by atoms with E-state index in [4.69, 9.17) is 14.5 Å². The van der Waals surface area contributed by atoms with Gasteiger partial charge >= 0.3 is 12.2 Å². The van der Waals surface area contributed by atoms with Gasteiger partial charge in [-0.3, -0.25) is 9.59 Å². The number of rotatable bonds is 10. The molecule has 3 aromatic carbocycles. The van der Waals surface area contributed by atoms with Gasteiger partial charge in [0, 0.05) is 23.0 Å². The number of H-pyrrole nitrogens is 2. The van der Waals surface area contributed by atoms with Crippen molar-refractivity contribution in [1.82, 2.24) is 40.4 Å². The number of nitrogens with one attached hydrogen (secondary N) is 4. The van der Waals surface area contributed by atoms with E-state index in [1.165, 1.54) is 20.3 Å². The van der Waals surface area contributed by atoms with E-state index in [0.717, 1.165) is 65.3 Å². The van der Waals surface area contributed by atoms with Crippen LogP contribution in [0.2, 0.25) is 0 Å². The Balaban J connectivity index is 0.949. The Kier molecular flexibility index (Phi) is 10.0. The standard InChI is InChI=1S/C45H51FN8O6/c1-21(2)36(51-44(57)59-5)42(55)53-28-11-7-26(16-28)39(53)41-48-32-14-10-25-15-23(8-12-29(25)38(32)50-41)24-9-13-30(31(46)17-24)33-20-47-40(49-33)35-19-27-18-34(27)54(35)43(56)37(22(3)4)52-45(58)60-6/h8-10,12-15,17,20-22,26-28,34-37,39H,7,11,16,18-19H2,1-6H3,(H,47,49)(H,48,50)(H,51,57)(H,52,58)/t26-,27+,28+,34+,35-,36-,37?,39-/m0/s1. The number of imidazole rings is 2.